The molecule has 1 amide bonds. The molecule has 0 aliphatic carbocycles. The van der Waals surface area contributed by atoms with Gasteiger partial charge in [0.05, 0.1) is 6.04 Å². The molecule has 5 heteroatoms. The number of nitrogens with zero attached hydrogens (tertiary/aromatic N) is 1. The maximum absolute atomic E-state index is 12.6. The number of amides is 1. The standard InChI is InChI=1S/C21H23N3O2/c1-26-14-8-13-23-16-19(15-22)21(25)24-20(17-9-4-2-5-10-17)18-11-6-3-7-12-18/h2-7,9-12,16,20,23H,8,13-14H2,1H3,(H,24,25)/b19-16-. The topological polar surface area (TPSA) is 74.1 Å². The molecule has 0 bridgehead atoms. The summed E-state index contributed by atoms with van der Waals surface area (Å²) in [6, 6.07) is 21.0. The van der Waals surface area contributed by atoms with E-state index in [1.807, 2.05) is 66.7 Å². The molecule has 0 aliphatic rings. The van der Waals surface area contributed by atoms with Crippen LogP contribution in [0, 0.1) is 11.3 Å². The first-order valence-corrected chi connectivity index (χ1v) is 8.49. The Hall–Kier alpha value is -3.10. The number of carbonyl (C=O) groups is 1. The van der Waals surface area contributed by atoms with Gasteiger partial charge in [-0.2, -0.15) is 5.26 Å². The molecule has 0 aliphatic heterocycles. The minimum atomic E-state index is -0.413. The lowest BCUT2D eigenvalue weighted by atomic mass is 9.98. The monoisotopic (exact) mass is 349 g/mol. The van der Waals surface area contributed by atoms with E-state index in [1.54, 1.807) is 7.11 Å². The lowest BCUT2D eigenvalue weighted by molar-refractivity contribution is -0.117. The highest BCUT2D eigenvalue weighted by Crippen LogP contribution is 2.22. The van der Waals surface area contributed by atoms with Crippen LogP contribution in [0.4, 0.5) is 0 Å². The Kier molecular flexibility index (Phi) is 7.91. The Balaban J connectivity index is 2.13. The first kappa shape index (κ1) is 19.2. The van der Waals surface area contributed by atoms with E-state index in [1.165, 1.54) is 6.20 Å². The minimum Gasteiger partial charge on any atom is -0.390 e. The van der Waals surface area contributed by atoms with Crippen molar-refractivity contribution in [2.45, 2.75) is 12.5 Å². The van der Waals surface area contributed by atoms with Gasteiger partial charge in [0, 0.05) is 26.5 Å². The molecule has 0 saturated carbocycles. The number of ether oxygens (including phenoxy) is 1. The van der Waals surface area contributed by atoms with E-state index in [4.69, 9.17) is 4.74 Å². The zero-order valence-corrected chi connectivity index (χ0v) is 14.8. The van der Waals surface area contributed by atoms with Crippen molar-refractivity contribution in [2.75, 3.05) is 20.3 Å². The van der Waals surface area contributed by atoms with Crippen molar-refractivity contribution in [3.63, 3.8) is 0 Å². The first-order valence-electron chi connectivity index (χ1n) is 8.49. The quantitative estimate of drug-likeness (QED) is 0.415. The van der Waals surface area contributed by atoms with Crippen molar-refractivity contribution < 1.29 is 9.53 Å². The van der Waals surface area contributed by atoms with Gasteiger partial charge in [-0.15, -0.1) is 0 Å². The third kappa shape index (κ3) is 5.76. The molecule has 0 heterocycles. The van der Waals surface area contributed by atoms with Gasteiger partial charge in [0.2, 0.25) is 0 Å². The smallest absolute Gasteiger partial charge is 0.264 e. The van der Waals surface area contributed by atoms with Gasteiger partial charge in [-0.25, -0.2) is 0 Å². The fraction of sp³-hybridized carbons (Fsp3) is 0.238. The van der Waals surface area contributed by atoms with Crippen LogP contribution in [0.15, 0.2) is 72.4 Å². The Labute approximate surface area is 154 Å². The number of hydrogen-bond acceptors (Lipinski definition) is 4. The van der Waals surface area contributed by atoms with Crippen LogP contribution in [0.2, 0.25) is 0 Å². The van der Waals surface area contributed by atoms with Crippen LogP contribution in [0.25, 0.3) is 0 Å². The van der Waals surface area contributed by atoms with Crippen LogP contribution in [-0.4, -0.2) is 26.2 Å². The maximum atomic E-state index is 12.6. The molecule has 2 aromatic carbocycles. The third-order valence-electron chi connectivity index (χ3n) is 3.82. The van der Waals surface area contributed by atoms with Gasteiger partial charge in [-0.3, -0.25) is 4.79 Å². The van der Waals surface area contributed by atoms with Crippen molar-refractivity contribution in [1.82, 2.24) is 10.6 Å². The summed E-state index contributed by atoms with van der Waals surface area (Å²) in [7, 11) is 1.64. The normalized spacial score (nSPS) is 11.0. The molecule has 134 valence electrons. The molecule has 0 radical (unpaired) electrons. The van der Waals surface area contributed by atoms with E-state index in [0.717, 1.165) is 17.5 Å². The molecular weight excluding hydrogens is 326 g/mol. The SMILES string of the molecule is COCCCN/C=C(/C#N)C(=O)NC(c1ccccc1)c1ccccc1. The molecular formula is C21H23N3O2. The molecule has 0 fully saturated rings. The van der Waals surface area contributed by atoms with E-state index in [9.17, 15) is 10.1 Å². The average molecular weight is 349 g/mol. The highest BCUT2D eigenvalue weighted by molar-refractivity contribution is 5.97. The molecule has 2 N–H and O–H groups in total. The second-order valence-electron chi connectivity index (χ2n) is 5.70. The third-order valence-corrected chi connectivity index (χ3v) is 3.82. The number of methoxy groups -OCH3 is 1. The van der Waals surface area contributed by atoms with Crippen molar-refractivity contribution in [1.29, 1.82) is 5.26 Å². The lowest BCUT2D eigenvalue weighted by Crippen LogP contribution is -2.31. The van der Waals surface area contributed by atoms with Gasteiger partial charge in [-0.05, 0) is 17.5 Å². The summed E-state index contributed by atoms with van der Waals surface area (Å²) in [5.74, 6) is -0.413. The number of carbonyl (C=O) groups excluding carboxylic acids is 1. The highest BCUT2D eigenvalue weighted by Gasteiger charge is 2.18. The Morgan fingerprint density at radius 1 is 1.12 bits per heavy atom. The average Bonchev–Trinajstić information content (AvgIpc) is 2.70. The van der Waals surface area contributed by atoms with Gasteiger partial charge in [-0.1, -0.05) is 60.7 Å². The summed E-state index contributed by atoms with van der Waals surface area (Å²) in [6.45, 7) is 1.26. The molecule has 0 unspecified atom stereocenters. The van der Waals surface area contributed by atoms with Gasteiger partial charge in [0.1, 0.15) is 11.6 Å². The number of nitriles is 1. The molecule has 0 saturated heterocycles. The van der Waals surface area contributed by atoms with Crippen molar-refractivity contribution >= 4 is 5.91 Å². The molecule has 0 atom stereocenters. The summed E-state index contributed by atoms with van der Waals surface area (Å²) in [5, 5.41) is 15.2. The highest BCUT2D eigenvalue weighted by atomic mass is 16.5. The second-order valence-corrected chi connectivity index (χ2v) is 5.70. The van der Waals surface area contributed by atoms with Crippen LogP contribution in [-0.2, 0) is 9.53 Å². The molecule has 26 heavy (non-hydrogen) atoms. The molecule has 2 rings (SSSR count). The number of hydrogen-bond donors (Lipinski definition) is 2. The largest absolute Gasteiger partial charge is 0.390 e. The Bertz CT molecular complexity index is 712. The van der Waals surface area contributed by atoms with Gasteiger partial charge >= 0.3 is 0 Å². The number of rotatable bonds is 9. The van der Waals surface area contributed by atoms with Gasteiger partial charge in [0.25, 0.3) is 5.91 Å². The molecule has 5 nitrogen and oxygen atoms in total. The number of benzene rings is 2. The fourth-order valence-electron chi connectivity index (χ4n) is 2.50. The van der Waals surface area contributed by atoms with Gasteiger partial charge < -0.3 is 15.4 Å². The van der Waals surface area contributed by atoms with E-state index in [0.29, 0.717) is 13.2 Å². The molecule has 2 aromatic rings. The van der Waals surface area contributed by atoms with Crippen LogP contribution in [0.1, 0.15) is 23.6 Å². The maximum Gasteiger partial charge on any atom is 0.264 e. The lowest BCUT2D eigenvalue weighted by Gasteiger charge is -2.19. The van der Waals surface area contributed by atoms with E-state index < -0.39 is 5.91 Å². The Morgan fingerprint density at radius 3 is 2.19 bits per heavy atom. The molecule has 0 spiro atoms. The summed E-state index contributed by atoms with van der Waals surface area (Å²) >= 11 is 0. The summed E-state index contributed by atoms with van der Waals surface area (Å²) < 4.78 is 4.97. The molecule has 0 aromatic heterocycles. The minimum absolute atomic E-state index is 0.0410. The summed E-state index contributed by atoms with van der Waals surface area (Å²) in [4.78, 5) is 12.6. The van der Waals surface area contributed by atoms with Crippen LogP contribution in [0.3, 0.4) is 0 Å². The van der Waals surface area contributed by atoms with E-state index in [2.05, 4.69) is 10.6 Å². The van der Waals surface area contributed by atoms with Crippen LogP contribution in [0.5, 0.6) is 0 Å². The summed E-state index contributed by atoms with van der Waals surface area (Å²) in [5.41, 5.74) is 1.95. The van der Waals surface area contributed by atoms with Crippen molar-refractivity contribution in [3.05, 3.63) is 83.6 Å². The number of nitrogens with one attached hydrogen (secondary N) is 2. The second kappa shape index (κ2) is 10.7. The van der Waals surface area contributed by atoms with Crippen molar-refractivity contribution in [2.24, 2.45) is 0 Å². The predicted molar refractivity (Wildman–Crippen MR) is 101 cm³/mol. The summed E-state index contributed by atoms with van der Waals surface area (Å²) in [6.07, 6.45) is 2.25. The predicted octanol–water partition coefficient (Wildman–Crippen LogP) is 2.93. The van der Waals surface area contributed by atoms with Gasteiger partial charge in [0.15, 0.2) is 0 Å². The van der Waals surface area contributed by atoms with Crippen LogP contribution >= 0.6 is 0 Å². The van der Waals surface area contributed by atoms with Crippen molar-refractivity contribution in [3.8, 4) is 6.07 Å². The zero-order chi connectivity index (χ0) is 18.6. The Morgan fingerprint density at radius 2 is 1.69 bits per heavy atom. The fourth-order valence-corrected chi connectivity index (χ4v) is 2.50. The van der Waals surface area contributed by atoms with Crippen LogP contribution < -0.4 is 10.6 Å². The van der Waals surface area contributed by atoms with E-state index in [-0.39, 0.29) is 11.6 Å². The first-order chi connectivity index (χ1) is 12.8. The van der Waals surface area contributed by atoms with E-state index >= 15 is 0 Å². The zero-order valence-electron chi connectivity index (χ0n) is 14.8.